The van der Waals surface area contributed by atoms with Gasteiger partial charge in [-0.2, -0.15) is 0 Å². The molecule has 25 heavy (non-hydrogen) atoms. The van der Waals surface area contributed by atoms with Gasteiger partial charge in [0.2, 0.25) is 9.84 Å². The lowest BCUT2D eigenvalue weighted by molar-refractivity contribution is 0.563. The Kier molecular flexibility index (Phi) is 4.13. The molecule has 5 heteroatoms. The maximum Gasteiger partial charge on any atom is 0.206 e. The van der Waals surface area contributed by atoms with E-state index in [1.807, 2.05) is 25.1 Å². The molecule has 0 bridgehead atoms. The van der Waals surface area contributed by atoms with E-state index in [2.05, 4.69) is 5.32 Å². The fraction of sp³-hybridized carbons (Fsp3) is 0.300. The molecule has 1 unspecified atom stereocenters. The highest BCUT2D eigenvalue weighted by Gasteiger charge is 2.23. The second-order valence-electron chi connectivity index (χ2n) is 6.80. The Morgan fingerprint density at radius 2 is 1.92 bits per heavy atom. The van der Waals surface area contributed by atoms with Crippen LogP contribution in [0.5, 0.6) is 0 Å². The van der Waals surface area contributed by atoms with Crippen LogP contribution < -0.4 is 5.32 Å². The van der Waals surface area contributed by atoms with Crippen LogP contribution in [0.25, 0.3) is 11.0 Å². The number of aryl methyl sites for hydroxylation is 1. The van der Waals surface area contributed by atoms with Crippen LogP contribution in [0.15, 0.2) is 62.9 Å². The van der Waals surface area contributed by atoms with E-state index < -0.39 is 9.84 Å². The molecule has 1 atom stereocenters. The molecule has 1 aromatic heterocycles. The van der Waals surface area contributed by atoms with Gasteiger partial charge in [-0.1, -0.05) is 17.7 Å². The largest absolute Gasteiger partial charge is 0.464 e. The minimum atomic E-state index is -3.54. The zero-order valence-electron chi connectivity index (χ0n) is 14.2. The first-order chi connectivity index (χ1) is 12.0. The molecule has 2 heterocycles. The zero-order chi connectivity index (χ0) is 17.4. The van der Waals surface area contributed by atoms with Crippen molar-refractivity contribution in [1.82, 2.24) is 5.32 Å². The lowest BCUT2D eigenvalue weighted by Gasteiger charge is -2.12. The number of rotatable bonds is 4. The molecule has 1 saturated heterocycles. The molecule has 0 radical (unpaired) electrons. The molecule has 1 fully saturated rings. The highest BCUT2D eigenvalue weighted by Crippen LogP contribution is 2.30. The smallest absolute Gasteiger partial charge is 0.206 e. The SMILES string of the molecule is Cc1ccc(S(=O)(=O)c2cc(CC3CCNC3)c3occc3c2)cc1. The van der Waals surface area contributed by atoms with E-state index >= 15 is 0 Å². The van der Waals surface area contributed by atoms with Crippen molar-refractivity contribution in [3.8, 4) is 0 Å². The lowest BCUT2D eigenvalue weighted by Crippen LogP contribution is -2.11. The molecule has 2 aromatic carbocycles. The Balaban J connectivity index is 1.80. The van der Waals surface area contributed by atoms with E-state index in [0.29, 0.717) is 15.7 Å². The number of nitrogens with one attached hydrogen (secondary N) is 1. The minimum Gasteiger partial charge on any atom is -0.464 e. The van der Waals surface area contributed by atoms with Crippen LogP contribution in [-0.4, -0.2) is 21.5 Å². The summed E-state index contributed by atoms with van der Waals surface area (Å²) in [5, 5.41) is 4.20. The second kappa shape index (κ2) is 6.32. The van der Waals surface area contributed by atoms with E-state index in [-0.39, 0.29) is 0 Å². The van der Waals surface area contributed by atoms with Crippen LogP contribution in [0.2, 0.25) is 0 Å². The molecule has 0 spiro atoms. The molecule has 130 valence electrons. The summed E-state index contributed by atoms with van der Waals surface area (Å²) in [6, 6.07) is 12.3. The quantitative estimate of drug-likeness (QED) is 0.775. The molecular formula is C20H21NO3S. The minimum absolute atomic E-state index is 0.328. The average Bonchev–Trinajstić information content (AvgIpc) is 3.26. The summed E-state index contributed by atoms with van der Waals surface area (Å²) in [5.41, 5.74) is 2.82. The Bertz CT molecular complexity index is 997. The Morgan fingerprint density at radius 1 is 1.12 bits per heavy atom. The van der Waals surface area contributed by atoms with Crippen molar-refractivity contribution in [3.63, 3.8) is 0 Å². The fourth-order valence-corrected chi connectivity index (χ4v) is 4.83. The number of hydrogen-bond acceptors (Lipinski definition) is 4. The van der Waals surface area contributed by atoms with Gasteiger partial charge in [-0.05, 0) is 74.7 Å². The van der Waals surface area contributed by atoms with Gasteiger partial charge >= 0.3 is 0 Å². The third-order valence-corrected chi connectivity index (χ3v) is 6.66. The van der Waals surface area contributed by atoms with Crippen LogP contribution in [0, 0.1) is 12.8 Å². The van der Waals surface area contributed by atoms with Crippen molar-refractivity contribution in [1.29, 1.82) is 0 Å². The zero-order valence-corrected chi connectivity index (χ0v) is 15.0. The highest BCUT2D eigenvalue weighted by atomic mass is 32.2. The van der Waals surface area contributed by atoms with Crippen LogP contribution in [0.3, 0.4) is 0 Å². The van der Waals surface area contributed by atoms with Crippen molar-refractivity contribution < 1.29 is 12.8 Å². The first kappa shape index (κ1) is 16.4. The summed E-state index contributed by atoms with van der Waals surface area (Å²) in [6.45, 7) is 3.94. The highest BCUT2D eigenvalue weighted by molar-refractivity contribution is 7.91. The number of furan rings is 1. The summed E-state index contributed by atoms with van der Waals surface area (Å²) in [7, 11) is -3.54. The molecule has 0 saturated carbocycles. The summed E-state index contributed by atoms with van der Waals surface area (Å²) in [5.74, 6) is 0.519. The van der Waals surface area contributed by atoms with Gasteiger partial charge in [0.15, 0.2) is 0 Å². The van der Waals surface area contributed by atoms with Crippen molar-refractivity contribution >= 4 is 20.8 Å². The van der Waals surface area contributed by atoms with E-state index in [0.717, 1.165) is 48.0 Å². The van der Waals surface area contributed by atoms with Crippen LogP contribution in [-0.2, 0) is 16.3 Å². The van der Waals surface area contributed by atoms with Crippen molar-refractivity contribution in [2.75, 3.05) is 13.1 Å². The monoisotopic (exact) mass is 355 g/mol. The molecule has 0 amide bonds. The van der Waals surface area contributed by atoms with Gasteiger partial charge in [-0.15, -0.1) is 0 Å². The van der Waals surface area contributed by atoms with Crippen molar-refractivity contribution in [3.05, 3.63) is 59.9 Å². The summed E-state index contributed by atoms with van der Waals surface area (Å²) in [6.07, 6.45) is 3.56. The van der Waals surface area contributed by atoms with Crippen molar-refractivity contribution in [2.24, 2.45) is 5.92 Å². The number of hydrogen-bond donors (Lipinski definition) is 1. The van der Waals surface area contributed by atoms with Crippen molar-refractivity contribution in [2.45, 2.75) is 29.6 Å². The first-order valence-corrected chi connectivity index (χ1v) is 10.0. The molecule has 1 N–H and O–H groups in total. The normalized spacial score (nSPS) is 18.0. The van der Waals surface area contributed by atoms with Gasteiger partial charge in [0.1, 0.15) is 5.58 Å². The summed E-state index contributed by atoms with van der Waals surface area (Å²) < 4.78 is 31.7. The Morgan fingerprint density at radius 3 is 2.64 bits per heavy atom. The fourth-order valence-electron chi connectivity index (χ4n) is 3.49. The van der Waals surface area contributed by atoms with Crippen LogP contribution in [0.1, 0.15) is 17.5 Å². The van der Waals surface area contributed by atoms with Gasteiger partial charge in [0.05, 0.1) is 16.1 Å². The number of benzene rings is 2. The third kappa shape index (κ3) is 3.10. The van der Waals surface area contributed by atoms with Gasteiger partial charge < -0.3 is 9.73 Å². The van der Waals surface area contributed by atoms with Gasteiger partial charge in [-0.3, -0.25) is 0 Å². The molecule has 1 aliphatic rings. The average molecular weight is 355 g/mol. The molecule has 4 rings (SSSR count). The topological polar surface area (TPSA) is 59.3 Å². The molecular weight excluding hydrogens is 334 g/mol. The molecule has 4 nitrogen and oxygen atoms in total. The van der Waals surface area contributed by atoms with Crippen LogP contribution >= 0.6 is 0 Å². The van der Waals surface area contributed by atoms with Gasteiger partial charge in [0.25, 0.3) is 0 Å². The molecule has 3 aromatic rings. The van der Waals surface area contributed by atoms with Gasteiger partial charge in [-0.25, -0.2) is 8.42 Å². The van der Waals surface area contributed by atoms with E-state index in [9.17, 15) is 8.42 Å². The molecule has 0 aliphatic carbocycles. The maximum absolute atomic E-state index is 13.1. The van der Waals surface area contributed by atoms with E-state index in [4.69, 9.17) is 4.42 Å². The summed E-state index contributed by atoms with van der Waals surface area (Å²) in [4.78, 5) is 0.667. The third-order valence-electron chi connectivity index (χ3n) is 4.91. The second-order valence-corrected chi connectivity index (χ2v) is 8.75. The summed E-state index contributed by atoms with van der Waals surface area (Å²) >= 11 is 0. The number of sulfone groups is 1. The predicted octanol–water partition coefficient (Wildman–Crippen LogP) is 3.73. The van der Waals surface area contributed by atoms with E-state index in [1.54, 1.807) is 30.5 Å². The standard InChI is InChI=1S/C20H21NO3S/c1-14-2-4-18(5-3-14)25(22,23)19-11-16-7-9-24-20(16)17(12-19)10-15-6-8-21-13-15/h2-5,7,9,11-12,15,21H,6,8,10,13H2,1H3. The lowest BCUT2D eigenvalue weighted by atomic mass is 9.97. The number of fused-ring (bicyclic) bond motifs is 1. The maximum atomic E-state index is 13.1. The van der Waals surface area contributed by atoms with E-state index in [1.165, 1.54) is 0 Å². The Hall–Kier alpha value is -2.11. The molecule has 1 aliphatic heterocycles. The predicted molar refractivity (Wildman–Crippen MR) is 97.5 cm³/mol. The van der Waals surface area contributed by atoms with Gasteiger partial charge in [0, 0.05) is 5.39 Å². The Labute approximate surface area is 147 Å². The van der Waals surface area contributed by atoms with Crippen LogP contribution in [0.4, 0.5) is 0 Å². The first-order valence-electron chi connectivity index (χ1n) is 8.56.